The molecule has 0 aliphatic heterocycles. The number of fused-ring (bicyclic) bond motifs is 1. The van der Waals surface area contributed by atoms with Crippen LogP contribution in [-0.2, 0) is 30.6 Å². The second-order valence-corrected chi connectivity index (χ2v) is 9.16. The molecule has 0 saturated heterocycles. The molecule has 0 radical (unpaired) electrons. The number of rotatable bonds is 11. The van der Waals surface area contributed by atoms with E-state index in [1.54, 1.807) is 18.2 Å². The van der Waals surface area contributed by atoms with Gasteiger partial charge < -0.3 is 25.7 Å². The minimum absolute atomic E-state index is 0.00111. The van der Waals surface area contributed by atoms with Crippen molar-refractivity contribution in [3.8, 4) is 0 Å². The van der Waals surface area contributed by atoms with E-state index < -0.39 is 23.8 Å². The Balaban J connectivity index is 1.44. The average Bonchev–Trinajstić information content (AvgIpc) is 3.22. The largest absolute Gasteiger partial charge is 0.390 e. The number of nitrogens with one attached hydrogen (secondary N) is 4. The molecule has 0 aliphatic rings. The standard InChI is InChI=1S/C28H30F2N4O3/c1-2-17-4-3-5-19(8-17)15-31-16-26(35)25(12-20-9-21(29)14-22(30)10-20)32-27(36)13-18-6-7-23-24(11-18)34-28(37)33-23/h3-11,14,25-26,31,35H,2,12-13,15-16H2,1H3,(H,32,36)(H2,33,34,37). The predicted octanol–water partition coefficient (Wildman–Crippen LogP) is 3.12. The monoisotopic (exact) mass is 508 g/mol. The fraction of sp³-hybridized carbons (Fsp3) is 0.286. The van der Waals surface area contributed by atoms with E-state index in [2.05, 4.69) is 33.6 Å². The van der Waals surface area contributed by atoms with Crippen LogP contribution in [0.3, 0.4) is 0 Å². The van der Waals surface area contributed by atoms with Gasteiger partial charge in [0.05, 0.1) is 29.6 Å². The first kappa shape index (κ1) is 26.2. The van der Waals surface area contributed by atoms with Crippen LogP contribution in [0.15, 0.2) is 65.5 Å². The number of halogens is 2. The smallest absolute Gasteiger partial charge is 0.323 e. The molecule has 4 rings (SSSR count). The highest BCUT2D eigenvalue weighted by Crippen LogP contribution is 2.14. The lowest BCUT2D eigenvalue weighted by atomic mass is 10.00. The molecule has 4 aromatic rings. The van der Waals surface area contributed by atoms with Gasteiger partial charge in [0.2, 0.25) is 5.91 Å². The molecule has 0 bridgehead atoms. The second-order valence-electron chi connectivity index (χ2n) is 9.16. The lowest BCUT2D eigenvalue weighted by Crippen LogP contribution is -2.49. The first-order valence-corrected chi connectivity index (χ1v) is 12.2. The fourth-order valence-corrected chi connectivity index (χ4v) is 4.37. The molecule has 1 aromatic heterocycles. The number of aromatic amines is 2. The molecule has 2 atom stereocenters. The Morgan fingerprint density at radius 1 is 0.919 bits per heavy atom. The second kappa shape index (κ2) is 11.9. The summed E-state index contributed by atoms with van der Waals surface area (Å²) in [6, 6.07) is 15.6. The lowest BCUT2D eigenvalue weighted by Gasteiger charge is -2.25. The van der Waals surface area contributed by atoms with Gasteiger partial charge in [0.25, 0.3) is 0 Å². The number of aliphatic hydroxyl groups is 1. The summed E-state index contributed by atoms with van der Waals surface area (Å²) < 4.78 is 27.6. The van der Waals surface area contributed by atoms with Gasteiger partial charge >= 0.3 is 5.69 Å². The van der Waals surface area contributed by atoms with Gasteiger partial charge in [-0.15, -0.1) is 0 Å². The number of benzene rings is 3. The van der Waals surface area contributed by atoms with Crippen LogP contribution >= 0.6 is 0 Å². The van der Waals surface area contributed by atoms with Crippen LogP contribution in [0, 0.1) is 11.6 Å². The fourth-order valence-electron chi connectivity index (χ4n) is 4.37. The molecular weight excluding hydrogens is 478 g/mol. The minimum Gasteiger partial charge on any atom is -0.390 e. The zero-order chi connectivity index (χ0) is 26.4. The highest BCUT2D eigenvalue weighted by Gasteiger charge is 2.22. The number of imidazole rings is 1. The zero-order valence-corrected chi connectivity index (χ0v) is 20.5. The summed E-state index contributed by atoms with van der Waals surface area (Å²) in [6.07, 6.45) is -0.0602. The molecule has 9 heteroatoms. The molecule has 194 valence electrons. The summed E-state index contributed by atoms with van der Waals surface area (Å²) in [5.41, 5.74) is 4.14. The SMILES string of the molecule is CCc1cccc(CNCC(O)C(Cc2cc(F)cc(F)c2)NC(=O)Cc2ccc3[nH]c(=O)[nH]c3c2)c1. The van der Waals surface area contributed by atoms with E-state index in [1.165, 1.54) is 17.7 Å². The van der Waals surface area contributed by atoms with Crippen LogP contribution in [0.4, 0.5) is 8.78 Å². The Morgan fingerprint density at radius 3 is 2.41 bits per heavy atom. The van der Waals surface area contributed by atoms with Gasteiger partial charge in [-0.2, -0.15) is 0 Å². The summed E-state index contributed by atoms with van der Waals surface area (Å²) in [5, 5.41) is 17.0. The maximum absolute atomic E-state index is 13.8. The van der Waals surface area contributed by atoms with Crippen molar-refractivity contribution in [2.45, 2.75) is 44.9 Å². The first-order chi connectivity index (χ1) is 17.8. The summed E-state index contributed by atoms with van der Waals surface area (Å²) in [7, 11) is 0. The van der Waals surface area contributed by atoms with Crippen LogP contribution < -0.4 is 16.3 Å². The Morgan fingerprint density at radius 2 is 1.65 bits per heavy atom. The Labute approximate surface area is 212 Å². The topological polar surface area (TPSA) is 110 Å². The van der Waals surface area contributed by atoms with Crippen LogP contribution in [0.5, 0.6) is 0 Å². The van der Waals surface area contributed by atoms with Crippen molar-refractivity contribution in [1.29, 1.82) is 0 Å². The minimum atomic E-state index is -1.02. The van der Waals surface area contributed by atoms with Crippen LogP contribution in [0.25, 0.3) is 11.0 Å². The van der Waals surface area contributed by atoms with Crippen molar-refractivity contribution < 1.29 is 18.7 Å². The summed E-state index contributed by atoms with van der Waals surface area (Å²) in [6.45, 7) is 2.76. The van der Waals surface area contributed by atoms with E-state index >= 15 is 0 Å². The highest BCUT2D eigenvalue weighted by atomic mass is 19.1. The maximum atomic E-state index is 13.8. The third-order valence-corrected chi connectivity index (χ3v) is 6.22. The summed E-state index contributed by atoms with van der Waals surface area (Å²) >= 11 is 0. The van der Waals surface area contributed by atoms with E-state index in [-0.39, 0.29) is 31.0 Å². The first-order valence-electron chi connectivity index (χ1n) is 12.2. The molecule has 2 unspecified atom stereocenters. The van der Waals surface area contributed by atoms with Gasteiger partial charge in [0, 0.05) is 19.2 Å². The molecule has 0 saturated carbocycles. The van der Waals surface area contributed by atoms with Crippen molar-refractivity contribution in [3.63, 3.8) is 0 Å². The van der Waals surface area contributed by atoms with Crippen LogP contribution in [-0.4, -0.2) is 39.7 Å². The summed E-state index contributed by atoms with van der Waals surface area (Å²) in [4.78, 5) is 29.7. The van der Waals surface area contributed by atoms with Gasteiger partial charge in [0.15, 0.2) is 0 Å². The van der Waals surface area contributed by atoms with Gasteiger partial charge in [-0.05, 0) is 59.4 Å². The number of amides is 1. The van der Waals surface area contributed by atoms with Crippen molar-refractivity contribution in [2.24, 2.45) is 0 Å². The third kappa shape index (κ3) is 7.34. The van der Waals surface area contributed by atoms with Crippen molar-refractivity contribution in [3.05, 3.63) is 105 Å². The van der Waals surface area contributed by atoms with Crippen molar-refractivity contribution in [1.82, 2.24) is 20.6 Å². The van der Waals surface area contributed by atoms with E-state index in [1.807, 2.05) is 18.2 Å². The van der Waals surface area contributed by atoms with E-state index in [4.69, 9.17) is 0 Å². The molecule has 1 heterocycles. The Bertz CT molecular complexity index is 1410. The lowest BCUT2D eigenvalue weighted by molar-refractivity contribution is -0.122. The Hall–Kier alpha value is -3.82. The summed E-state index contributed by atoms with van der Waals surface area (Å²) in [5.74, 6) is -1.82. The molecule has 37 heavy (non-hydrogen) atoms. The number of carbonyl (C=O) groups is 1. The number of hydrogen-bond acceptors (Lipinski definition) is 4. The molecule has 0 spiro atoms. The average molecular weight is 509 g/mol. The number of aliphatic hydroxyl groups excluding tert-OH is 1. The van der Waals surface area contributed by atoms with E-state index in [9.17, 15) is 23.5 Å². The molecule has 0 fully saturated rings. The van der Waals surface area contributed by atoms with E-state index in [0.717, 1.165) is 18.1 Å². The quantitative estimate of drug-likeness (QED) is 0.214. The predicted molar refractivity (Wildman–Crippen MR) is 138 cm³/mol. The number of carbonyl (C=O) groups excluding carboxylic acids is 1. The molecule has 0 aliphatic carbocycles. The highest BCUT2D eigenvalue weighted by molar-refractivity contribution is 5.81. The van der Waals surface area contributed by atoms with E-state index in [0.29, 0.717) is 28.7 Å². The molecule has 1 amide bonds. The third-order valence-electron chi connectivity index (χ3n) is 6.22. The van der Waals surface area contributed by atoms with Crippen LogP contribution in [0.2, 0.25) is 0 Å². The molecule has 7 nitrogen and oxygen atoms in total. The van der Waals surface area contributed by atoms with Crippen LogP contribution in [0.1, 0.15) is 29.2 Å². The molecular formula is C28H30F2N4O3. The number of H-pyrrole nitrogens is 2. The van der Waals surface area contributed by atoms with Gasteiger partial charge in [-0.3, -0.25) is 4.79 Å². The van der Waals surface area contributed by atoms with Gasteiger partial charge in [0.1, 0.15) is 11.6 Å². The van der Waals surface area contributed by atoms with Crippen molar-refractivity contribution >= 4 is 16.9 Å². The van der Waals surface area contributed by atoms with Gasteiger partial charge in [-0.25, -0.2) is 13.6 Å². The normalized spacial score (nSPS) is 13.0. The Kier molecular flexibility index (Phi) is 8.47. The zero-order valence-electron chi connectivity index (χ0n) is 20.5. The van der Waals surface area contributed by atoms with Gasteiger partial charge in [-0.1, -0.05) is 37.3 Å². The molecule has 5 N–H and O–H groups in total. The number of hydrogen-bond donors (Lipinski definition) is 5. The number of aryl methyl sites for hydroxylation is 1. The molecule has 3 aromatic carbocycles. The van der Waals surface area contributed by atoms with Crippen molar-refractivity contribution in [2.75, 3.05) is 6.54 Å². The maximum Gasteiger partial charge on any atom is 0.323 e. The number of aromatic nitrogens is 2.